The van der Waals surface area contributed by atoms with Gasteiger partial charge in [0.25, 0.3) is 0 Å². The number of aliphatic imine (C=N–C) groups is 1. The predicted octanol–water partition coefficient (Wildman–Crippen LogP) is 3.31. The number of phenolic OH excluding ortho intramolecular Hbond substituents is 1. The van der Waals surface area contributed by atoms with Crippen LogP contribution in [0, 0.1) is 0 Å². The molecule has 1 N–H and O–H groups in total. The third kappa shape index (κ3) is 2.37. The van der Waals surface area contributed by atoms with Gasteiger partial charge in [0.05, 0.1) is 23.8 Å². The van der Waals surface area contributed by atoms with Crippen molar-refractivity contribution in [2.75, 3.05) is 13.2 Å². The number of isocyanates is 1. The Morgan fingerprint density at radius 3 is 2.67 bits per heavy atom. The fraction of sp³-hybridized carbons (Fsp3) is 0.533. The van der Waals surface area contributed by atoms with Gasteiger partial charge >= 0.3 is 0 Å². The molecule has 1 aliphatic heterocycles. The number of halogens is 1. The van der Waals surface area contributed by atoms with Crippen LogP contribution in [0.3, 0.4) is 0 Å². The number of ether oxygens (including phenoxy) is 2. The zero-order chi connectivity index (χ0) is 14.9. The summed E-state index contributed by atoms with van der Waals surface area (Å²) in [5.41, 5.74) is -0.345. The summed E-state index contributed by atoms with van der Waals surface area (Å²) < 4.78 is 11.4. The van der Waals surface area contributed by atoms with Crippen LogP contribution >= 0.6 is 11.6 Å². The summed E-state index contributed by atoms with van der Waals surface area (Å²) in [7, 11) is 0. The standard InChI is InChI=1S/C15H16ClNO4/c16-10-8-11-14(21-7-3-6-20-11)12(13(10)19)15(17-9-18)4-1-2-5-15/h8,19H,1-7H2. The van der Waals surface area contributed by atoms with Gasteiger partial charge in [0.2, 0.25) is 6.08 Å². The van der Waals surface area contributed by atoms with Crippen LogP contribution in [-0.2, 0) is 10.3 Å². The number of fused-ring (bicyclic) bond motifs is 1. The molecule has 0 aromatic heterocycles. The smallest absolute Gasteiger partial charge is 0.235 e. The summed E-state index contributed by atoms with van der Waals surface area (Å²) in [6.07, 6.45) is 5.55. The van der Waals surface area contributed by atoms with E-state index in [9.17, 15) is 9.90 Å². The van der Waals surface area contributed by atoms with Crippen LogP contribution in [0.25, 0.3) is 0 Å². The topological polar surface area (TPSA) is 68.1 Å². The Hall–Kier alpha value is -1.71. The number of aromatic hydroxyl groups is 1. The molecule has 1 heterocycles. The average Bonchev–Trinajstić information content (AvgIpc) is 2.81. The van der Waals surface area contributed by atoms with Crippen molar-refractivity contribution in [1.82, 2.24) is 0 Å². The third-order valence-corrected chi connectivity index (χ3v) is 4.41. The first-order chi connectivity index (χ1) is 10.2. The molecule has 0 spiro atoms. The quantitative estimate of drug-likeness (QED) is 0.672. The summed E-state index contributed by atoms with van der Waals surface area (Å²) in [6.45, 7) is 1.01. The van der Waals surface area contributed by atoms with E-state index in [2.05, 4.69) is 4.99 Å². The number of hydrogen-bond acceptors (Lipinski definition) is 5. The fourth-order valence-electron chi connectivity index (χ4n) is 3.16. The lowest BCUT2D eigenvalue weighted by Crippen LogP contribution is -2.21. The first kappa shape index (κ1) is 14.2. The van der Waals surface area contributed by atoms with Gasteiger partial charge in [-0.05, 0) is 12.8 Å². The highest BCUT2D eigenvalue weighted by molar-refractivity contribution is 6.32. The summed E-state index contributed by atoms with van der Waals surface area (Å²) in [4.78, 5) is 14.9. The molecule has 0 radical (unpaired) electrons. The van der Waals surface area contributed by atoms with Crippen molar-refractivity contribution in [3.05, 3.63) is 16.7 Å². The normalized spacial score (nSPS) is 19.7. The number of nitrogens with zero attached hydrogens (tertiary/aromatic N) is 1. The highest BCUT2D eigenvalue weighted by atomic mass is 35.5. The highest BCUT2D eigenvalue weighted by Gasteiger charge is 2.42. The van der Waals surface area contributed by atoms with Gasteiger partial charge in [0.1, 0.15) is 11.3 Å². The van der Waals surface area contributed by atoms with Gasteiger partial charge in [-0.3, -0.25) is 0 Å². The number of rotatable bonds is 2. The van der Waals surface area contributed by atoms with Crippen LogP contribution in [0.15, 0.2) is 11.1 Å². The number of hydrogen-bond donors (Lipinski definition) is 1. The molecule has 0 amide bonds. The van der Waals surface area contributed by atoms with Gasteiger partial charge in [0.15, 0.2) is 11.5 Å². The summed E-state index contributed by atoms with van der Waals surface area (Å²) in [6, 6.07) is 1.55. The van der Waals surface area contributed by atoms with Crippen LogP contribution in [0.5, 0.6) is 17.2 Å². The monoisotopic (exact) mass is 309 g/mol. The van der Waals surface area contributed by atoms with E-state index in [0.717, 1.165) is 19.3 Å². The van der Waals surface area contributed by atoms with Crippen LogP contribution in [0.2, 0.25) is 5.02 Å². The minimum absolute atomic E-state index is 0.0817. The molecule has 0 atom stereocenters. The lowest BCUT2D eigenvalue weighted by Gasteiger charge is -2.27. The minimum atomic E-state index is -0.811. The van der Waals surface area contributed by atoms with E-state index in [1.54, 1.807) is 12.1 Å². The third-order valence-electron chi connectivity index (χ3n) is 4.12. The molecule has 1 aromatic carbocycles. The molecule has 1 saturated carbocycles. The second-order valence-corrected chi connectivity index (χ2v) is 5.81. The van der Waals surface area contributed by atoms with Gasteiger partial charge in [-0.2, -0.15) is 4.99 Å². The van der Waals surface area contributed by atoms with Crippen molar-refractivity contribution in [2.24, 2.45) is 4.99 Å². The zero-order valence-corrected chi connectivity index (χ0v) is 12.3. The summed E-state index contributed by atoms with van der Waals surface area (Å²) >= 11 is 6.12. The Morgan fingerprint density at radius 2 is 1.95 bits per heavy atom. The summed E-state index contributed by atoms with van der Waals surface area (Å²) in [5, 5.41) is 10.6. The number of benzene rings is 1. The largest absolute Gasteiger partial charge is 0.506 e. The molecular weight excluding hydrogens is 294 g/mol. The van der Waals surface area contributed by atoms with Crippen molar-refractivity contribution >= 4 is 17.7 Å². The Morgan fingerprint density at radius 1 is 1.24 bits per heavy atom. The Balaban J connectivity index is 2.25. The molecule has 0 bridgehead atoms. The predicted molar refractivity (Wildman–Crippen MR) is 77.0 cm³/mol. The SMILES string of the molecule is O=C=NC1(c2c(O)c(Cl)cc3c2OCCCO3)CCCC1. The van der Waals surface area contributed by atoms with Crippen LogP contribution < -0.4 is 9.47 Å². The lowest BCUT2D eigenvalue weighted by atomic mass is 9.87. The second kappa shape index (κ2) is 5.58. The van der Waals surface area contributed by atoms with Crippen molar-refractivity contribution in [1.29, 1.82) is 0 Å². The molecule has 0 unspecified atom stereocenters. The number of phenols is 1. The van der Waals surface area contributed by atoms with Gasteiger partial charge in [0, 0.05) is 12.5 Å². The van der Waals surface area contributed by atoms with Gasteiger partial charge < -0.3 is 14.6 Å². The molecule has 0 saturated heterocycles. The Bertz CT molecular complexity index is 604. The minimum Gasteiger partial charge on any atom is -0.506 e. The van der Waals surface area contributed by atoms with Crippen molar-refractivity contribution in [3.63, 3.8) is 0 Å². The molecule has 1 aliphatic carbocycles. The van der Waals surface area contributed by atoms with Crippen LogP contribution in [-0.4, -0.2) is 24.4 Å². The Kier molecular flexibility index (Phi) is 3.79. The van der Waals surface area contributed by atoms with Crippen molar-refractivity contribution < 1.29 is 19.4 Å². The first-order valence-corrected chi connectivity index (χ1v) is 7.46. The molecule has 3 rings (SSSR count). The molecule has 6 heteroatoms. The Labute approximate surface area is 127 Å². The number of carbonyl (C=O) groups excluding carboxylic acids is 1. The van der Waals surface area contributed by atoms with E-state index in [1.807, 2.05) is 0 Å². The highest BCUT2D eigenvalue weighted by Crippen LogP contribution is 2.54. The second-order valence-electron chi connectivity index (χ2n) is 5.40. The molecule has 2 aliphatic rings. The molecular formula is C15H16ClNO4. The lowest BCUT2D eigenvalue weighted by molar-refractivity contribution is 0.291. The van der Waals surface area contributed by atoms with E-state index >= 15 is 0 Å². The molecule has 5 nitrogen and oxygen atoms in total. The van der Waals surface area contributed by atoms with Crippen molar-refractivity contribution in [2.45, 2.75) is 37.6 Å². The van der Waals surface area contributed by atoms with Gasteiger partial charge in [-0.15, -0.1) is 0 Å². The maximum absolute atomic E-state index is 10.9. The van der Waals surface area contributed by atoms with E-state index in [0.29, 0.717) is 43.1 Å². The average molecular weight is 310 g/mol. The molecule has 1 aromatic rings. The summed E-state index contributed by atoms with van der Waals surface area (Å²) in [5.74, 6) is 0.870. The van der Waals surface area contributed by atoms with E-state index in [-0.39, 0.29) is 10.8 Å². The fourth-order valence-corrected chi connectivity index (χ4v) is 3.36. The van der Waals surface area contributed by atoms with Crippen LogP contribution in [0.4, 0.5) is 0 Å². The van der Waals surface area contributed by atoms with E-state index < -0.39 is 5.54 Å². The molecule has 112 valence electrons. The van der Waals surface area contributed by atoms with Crippen LogP contribution in [0.1, 0.15) is 37.7 Å². The first-order valence-electron chi connectivity index (χ1n) is 7.08. The zero-order valence-electron chi connectivity index (χ0n) is 11.5. The molecule has 21 heavy (non-hydrogen) atoms. The van der Waals surface area contributed by atoms with Gasteiger partial charge in [-0.1, -0.05) is 24.4 Å². The van der Waals surface area contributed by atoms with Crippen molar-refractivity contribution in [3.8, 4) is 17.2 Å². The molecule has 1 fully saturated rings. The van der Waals surface area contributed by atoms with Gasteiger partial charge in [-0.25, -0.2) is 4.79 Å². The van der Waals surface area contributed by atoms with E-state index in [4.69, 9.17) is 21.1 Å². The van der Waals surface area contributed by atoms with E-state index in [1.165, 1.54) is 0 Å². The maximum atomic E-state index is 10.9. The maximum Gasteiger partial charge on any atom is 0.235 e.